The van der Waals surface area contributed by atoms with Gasteiger partial charge in [0.25, 0.3) is 0 Å². The molecule has 5 heterocycles. The van der Waals surface area contributed by atoms with Crippen LogP contribution >= 0.6 is 0 Å². The SMILES string of the molecule is COc1c(OC)c2ccc(-c3c4nc(c(-c5ccccc5)c5ccc([n-]5)c(-c5ccccc5)c5nc(c(-c6ccccc6)c6ccc3[n-]6)C=C5)C=C4)cc2c2ccccc12.[Zn+2]. The molecule has 0 atom stereocenters. The Kier molecular flexibility index (Phi) is 9.75. The van der Waals surface area contributed by atoms with Gasteiger partial charge in [0, 0.05) is 10.8 Å². The second-order valence-corrected chi connectivity index (χ2v) is 14.8. The van der Waals surface area contributed by atoms with Gasteiger partial charge >= 0.3 is 19.5 Å². The molecule has 7 heteroatoms. The predicted octanol–water partition coefficient (Wildman–Crippen LogP) is 12.9. The monoisotopic (exact) mass is 836 g/mol. The molecule has 6 aromatic carbocycles. The number of nitrogens with zero attached hydrogens (tertiary/aromatic N) is 4. The molecule has 61 heavy (non-hydrogen) atoms. The van der Waals surface area contributed by atoms with Crippen LogP contribution in [0.3, 0.4) is 0 Å². The Morgan fingerprint density at radius 2 is 0.689 bits per heavy atom. The summed E-state index contributed by atoms with van der Waals surface area (Å²) in [6, 6.07) is 54.4. The van der Waals surface area contributed by atoms with Gasteiger partial charge in [-0.2, -0.15) is 0 Å². The summed E-state index contributed by atoms with van der Waals surface area (Å²) in [6.07, 6.45) is 8.41. The summed E-state index contributed by atoms with van der Waals surface area (Å²) in [5.41, 5.74) is 14.4. The molecule has 0 saturated carbocycles. The largest absolute Gasteiger partial charge is 2.00 e. The number of rotatable bonds is 6. The fraction of sp³-hybridized carbons (Fsp3) is 0.0370. The van der Waals surface area contributed by atoms with E-state index in [-0.39, 0.29) is 19.5 Å². The molecule has 0 fully saturated rings. The summed E-state index contributed by atoms with van der Waals surface area (Å²) in [5.74, 6) is 1.41. The molecule has 0 N–H and O–H groups in total. The van der Waals surface area contributed by atoms with Crippen LogP contribution in [-0.4, -0.2) is 24.2 Å². The zero-order chi connectivity index (χ0) is 40.2. The Morgan fingerprint density at radius 3 is 1.08 bits per heavy atom. The van der Waals surface area contributed by atoms with E-state index in [1.165, 1.54) is 0 Å². The Hall–Kier alpha value is -7.34. The molecule has 11 rings (SSSR count). The zero-order valence-electron chi connectivity index (χ0n) is 33.6. The van der Waals surface area contributed by atoms with Gasteiger partial charge in [0.15, 0.2) is 11.5 Å². The van der Waals surface area contributed by atoms with Crippen molar-refractivity contribution in [1.29, 1.82) is 0 Å². The van der Waals surface area contributed by atoms with Crippen molar-refractivity contribution in [2.75, 3.05) is 14.2 Å². The zero-order valence-corrected chi connectivity index (χ0v) is 36.6. The van der Waals surface area contributed by atoms with Crippen LogP contribution in [-0.2, 0) is 19.5 Å². The number of hydrogen-bond acceptors (Lipinski definition) is 4. The van der Waals surface area contributed by atoms with Crippen LogP contribution < -0.4 is 19.4 Å². The molecule has 0 radical (unpaired) electrons. The average molecular weight is 838 g/mol. The average Bonchev–Trinajstić information content (AvgIpc) is 4.15. The minimum absolute atomic E-state index is 0. The first-order valence-corrected chi connectivity index (χ1v) is 20.0. The molecule has 0 unspecified atom stereocenters. The summed E-state index contributed by atoms with van der Waals surface area (Å²) in [7, 11) is 3.38. The predicted molar refractivity (Wildman–Crippen MR) is 247 cm³/mol. The molecule has 6 nitrogen and oxygen atoms in total. The van der Waals surface area contributed by atoms with Crippen LogP contribution in [0.2, 0.25) is 0 Å². The van der Waals surface area contributed by atoms with Crippen molar-refractivity contribution in [3.63, 3.8) is 0 Å². The van der Waals surface area contributed by atoms with Crippen molar-refractivity contribution in [1.82, 2.24) is 19.9 Å². The molecule has 2 aliphatic rings. The first-order chi connectivity index (χ1) is 29.7. The Morgan fingerprint density at radius 1 is 0.344 bits per heavy atom. The number of aromatic nitrogens is 4. The fourth-order valence-corrected chi connectivity index (χ4v) is 8.77. The van der Waals surface area contributed by atoms with Gasteiger partial charge < -0.3 is 19.4 Å². The summed E-state index contributed by atoms with van der Waals surface area (Å²) >= 11 is 0. The number of fused-ring (bicyclic) bond motifs is 11. The third kappa shape index (κ3) is 6.46. The number of methoxy groups -OCH3 is 2. The molecule has 0 saturated heterocycles. The van der Waals surface area contributed by atoms with Crippen LogP contribution in [0.15, 0.2) is 158 Å². The fourth-order valence-electron chi connectivity index (χ4n) is 8.77. The Balaban J connectivity index is 0.00000445. The van der Waals surface area contributed by atoms with Crippen LogP contribution in [0, 0.1) is 0 Å². The van der Waals surface area contributed by atoms with E-state index in [0.29, 0.717) is 11.5 Å². The molecule has 9 aromatic rings. The normalized spacial score (nSPS) is 11.8. The van der Waals surface area contributed by atoms with Gasteiger partial charge in [-0.3, -0.25) is 0 Å². The van der Waals surface area contributed by atoms with Crippen molar-refractivity contribution in [3.8, 4) is 56.0 Å². The molecule has 0 aliphatic carbocycles. The number of hydrogen-bond donors (Lipinski definition) is 0. The number of ether oxygens (including phenoxy) is 2. The summed E-state index contributed by atoms with van der Waals surface area (Å²) in [6.45, 7) is 0. The quantitative estimate of drug-likeness (QED) is 0.123. The van der Waals surface area contributed by atoms with Crippen molar-refractivity contribution in [3.05, 3.63) is 181 Å². The molecule has 8 bridgehead atoms. The van der Waals surface area contributed by atoms with Gasteiger partial charge in [-0.15, -0.1) is 22.1 Å². The minimum Gasteiger partial charge on any atom is -0.657 e. The molecule has 286 valence electrons. The van der Waals surface area contributed by atoms with Crippen LogP contribution in [0.5, 0.6) is 11.5 Å². The van der Waals surface area contributed by atoms with E-state index >= 15 is 0 Å². The van der Waals surface area contributed by atoms with Crippen molar-refractivity contribution in [2.45, 2.75) is 0 Å². The maximum atomic E-state index is 6.01. The van der Waals surface area contributed by atoms with Gasteiger partial charge in [-0.1, -0.05) is 146 Å². The van der Waals surface area contributed by atoms with E-state index in [9.17, 15) is 0 Å². The smallest absolute Gasteiger partial charge is 0.657 e. The Bertz CT molecular complexity index is 3350. The van der Waals surface area contributed by atoms with Crippen molar-refractivity contribution < 1.29 is 29.0 Å². The third-order valence-corrected chi connectivity index (χ3v) is 11.4. The minimum atomic E-state index is 0. The van der Waals surface area contributed by atoms with E-state index in [2.05, 4.69) is 158 Å². The second-order valence-electron chi connectivity index (χ2n) is 14.8. The number of benzene rings is 6. The first-order valence-electron chi connectivity index (χ1n) is 20.0. The van der Waals surface area contributed by atoms with E-state index in [1.807, 2.05) is 24.3 Å². The maximum Gasteiger partial charge on any atom is 2.00 e. The maximum absolute atomic E-state index is 6.01. The second kappa shape index (κ2) is 15.7. The van der Waals surface area contributed by atoms with Crippen molar-refractivity contribution in [2.24, 2.45) is 0 Å². The molecule has 3 aromatic heterocycles. The first kappa shape index (κ1) is 37.9. The van der Waals surface area contributed by atoms with E-state index in [0.717, 1.165) is 111 Å². The van der Waals surface area contributed by atoms with Crippen LogP contribution in [0.1, 0.15) is 22.8 Å². The topological polar surface area (TPSA) is 72.4 Å². The molecule has 2 aliphatic heterocycles. The summed E-state index contributed by atoms with van der Waals surface area (Å²) in [5, 5.41) is 4.04. The molecule has 0 spiro atoms. The van der Waals surface area contributed by atoms with E-state index in [4.69, 9.17) is 29.4 Å². The third-order valence-electron chi connectivity index (χ3n) is 11.4. The van der Waals surface area contributed by atoms with Crippen LogP contribution in [0.25, 0.3) is 112 Å². The summed E-state index contributed by atoms with van der Waals surface area (Å²) in [4.78, 5) is 21.7. The van der Waals surface area contributed by atoms with Gasteiger partial charge in [0.05, 0.1) is 37.0 Å². The summed E-state index contributed by atoms with van der Waals surface area (Å²) < 4.78 is 11.9. The molecular weight excluding hydrogens is 802 g/mol. The Labute approximate surface area is 365 Å². The standard InChI is InChI=1S/C54H36N4O2.Zn/c1-59-53-38-21-13-12-20-37(38)40-32-36(22-23-39(40)54(53)60-2)52-47-30-28-45(57-47)50(34-16-8-4-9-17-34)43-26-24-41(55-43)49(33-14-6-3-7-15-33)42-25-27-44(56-42)51(35-18-10-5-11-19-35)46-29-31-48(52)58-46;/h3-32H,1-2H3;/q-2;+2. The van der Waals surface area contributed by atoms with E-state index in [1.54, 1.807) is 14.2 Å². The van der Waals surface area contributed by atoms with Gasteiger partial charge in [0.1, 0.15) is 0 Å². The molecule has 0 amide bonds. The van der Waals surface area contributed by atoms with Gasteiger partial charge in [-0.25, -0.2) is 9.97 Å². The molecular formula is C54H36N4O2Zn. The van der Waals surface area contributed by atoms with Crippen LogP contribution in [0.4, 0.5) is 0 Å². The van der Waals surface area contributed by atoms with Crippen molar-refractivity contribution >= 4 is 67.9 Å². The van der Waals surface area contributed by atoms with E-state index < -0.39 is 0 Å². The van der Waals surface area contributed by atoms with Gasteiger partial charge in [0.2, 0.25) is 0 Å². The van der Waals surface area contributed by atoms with Gasteiger partial charge in [-0.05, 0) is 91.7 Å².